The Balaban J connectivity index is 0.000000575. The highest BCUT2D eigenvalue weighted by atomic mass is 35.5. The smallest absolute Gasteiger partial charge is 0.416 e. The molecule has 0 saturated heterocycles. The zero-order valence-electron chi connectivity index (χ0n) is 21.3. The molecule has 36 heavy (non-hydrogen) atoms. The maximum Gasteiger partial charge on any atom is 0.416 e. The average molecular weight is 641 g/mol. The van der Waals surface area contributed by atoms with Crippen LogP contribution in [-0.4, -0.2) is 43.9 Å². The van der Waals surface area contributed by atoms with Gasteiger partial charge in [0, 0.05) is 22.2 Å². The second-order valence-electron chi connectivity index (χ2n) is 8.47. The summed E-state index contributed by atoms with van der Waals surface area (Å²) in [6.45, 7) is 10.7. The zero-order valence-corrected chi connectivity index (χ0v) is 27.2. The van der Waals surface area contributed by atoms with Gasteiger partial charge in [-0.3, -0.25) is 0 Å². The Morgan fingerprint density at radius 1 is 0.972 bits per heavy atom. The van der Waals surface area contributed by atoms with E-state index in [2.05, 4.69) is 25.7 Å². The van der Waals surface area contributed by atoms with Gasteiger partial charge in [0.25, 0.3) is 0 Å². The van der Waals surface area contributed by atoms with Gasteiger partial charge in [-0.1, -0.05) is 66.5 Å². The molecule has 0 bridgehead atoms. The summed E-state index contributed by atoms with van der Waals surface area (Å²) in [5, 5.41) is 0.728. The molecule has 0 unspecified atom stereocenters. The van der Waals surface area contributed by atoms with Gasteiger partial charge >= 0.3 is 6.18 Å². The molecule has 0 aliphatic heterocycles. The van der Waals surface area contributed by atoms with E-state index in [0.29, 0.717) is 4.90 Å². The van der Waals surface area contributed by atoms with Crippen LogP contribution in [0.4, 0.5) is 13.2 Å². The Hall–Kier alpha value is 0.160. The van der Waals surface area contributed by atoms with Gasteiger partial charge in [-0.2, -0.15) is 13.2 Å². The molecule has 0 spiro atoms. The van der Waals surface area contributed by atoms with Gasteiger partial charge in [-0.25, -0.2) is 0 Å². The van der Waals surface area contributed by atoms with Crippen molar-refractivity contribution in [2.24, 2.45) is 0 Å². The lowest BCUT2D eigenvalue weighted by Gasteiger charge is -2.22. The van der Waals surface area contributed by atoms with Crippen LogP contribution in [0.3, 0.4) is 0 Å². The lowest BCUT2D eigenvalue weighted by atomic mass is 10.2. The van der Waals surface area contributed by atoms with Crippen LogP contribution >= 0.6 is 41.9 Å². The summed E-state index contributed by atoms with van der Waals surface area (Å²) in [5.41, 5.74) is -0.707. The lowest BCUT2D eigenvalue weighted by Crippen LogP contribution is -2.04. The molecule has 13 heteroatoms. The normalized spacial score (nSPS) is 12.1. The molecular formula is C23H35ClF3O3P3S3. The molecule has 0 amide bonds. The van der Waals surface area contributed by atoms with Crippen LogP contribution in [0.15, 0.2) is 53.4 Å². The first kappa shape index (κ1) is 36.2. The highest BCUT2D eigenvalue weighted by molar-refractivity contribution is 8.57. The molecule has 206 valence electrons. The number of alkyl halides is 3. The first-order valence-corrected chi connectivity index (χ1v) is 22.1. The second-order valence-corrected chi connectivity index (χ2v) is 25.2. The molecule has 2 rings (SSSR count). The van der Waals surface area contributed by atoms with Gasteiger partial charge in [0.15, 0.2) is 0 Å². The topological polar surface area (TPSA) is 46.5 Å². The minimum Gasteiger partial charge on any atom is -0.467 e. The SMILES string of the molecule is CCCP(=S)(CCC)Oc1ccc(Cl)cc1.CP(C)(=O)Sc1cccc(C(F)(F)F)c1.CP(C)(O)=S. The van der Waals surface area contributed by atoms with Crippen molar-refractivity contribution in [1.82, 2.24) is 0 Å². The molecule has 3 nitrogen and oxygen atoms in total. The molecule has 0 aromatic heterocycles. The first-order valence-electron chi connectivity index (χ1n) is 11.0. The fraction of sp³-hybridized carbons (Fsp3) is 0.478. The van der Waals surface area contributed by atoms with Crippen molar-refractivity contribution < 1.29 is 27.2 Å². The molecule has 0 radical (unpaired) electrons. The second kappa shape index (κ2) is 16.3. The minimum atomic E-state index is -4.35. The van der Waals surface area contributed by atoms with Crippen molar-refractivity contribution in [2.75, 3.05) is 39.0 Å². The van der Waals surface area contributed by atoms with Crippen LogP contribution in [0.2, 0.25) is 5.02 Å². The van der Waals surface area contributed by atoms with Crippen LogP contribution in [-0.2, 0) is 34.4 Å². The lowest BCUT2D eigenvalue weighted by molar-refractivity contribution is -0.137. The quantitative estimate of drug-likeness (QED) is 0.290. The molecule has 0 aliphatic rings. The van der Waals surface area contributed by atoms with Crippen molar-refractivity contribution in [3.05, 3.63) is 59.1 Å². The van der Waals surface area contributed by atoms with Crippen molar-refractivity contribution >= 4 is 65.5 Å². The molecule has 1 N–H and O–H groups in total. The standard InChI is InChI=1S/C12H18ClOPS.C9H10F3OPS.C2H7OPS/c1-3-9-15(16,10-4-2)14-12-7-5-11(13)6-8-12;1-14(2,13)15-8-5-3-4-7(6-8)9(10,11)12;1-4(2,3)5/h5-8H,3-4,9-10H2,1-2H3;3-6H,1-2H3;1-2H3,(H,3,5). The van der Waals surface area contributed by atoms with Crippen LogP contribution in [0, 0.1) is 0 Å². The van der Waals surface area contributed by atoms with Crippen molar-refractivity contribution in [3.8, 4) is 5.75 Å². The van der Waals surface area contributed by atoms with E-state index >= 15 is 0 Å². The van der Waals surface area contributed by atoms with Gasteiger partial charge in [0.1, 0.15) is 18.4 Å². The molecular weight excluding hydrogens is 606 g/mol. The van der Waals surface area contributed by atoms with Crippen molar-refractivity contribution in [1.29, 1.82) is 0 Å². The van der Waals surface area contributed by atoms with Crippen molar-refractivity contribution in [2.45, 2.75) is 37.8 Å². The van der Waals surface area contributed by atoms with Gasteiger partial charge in [-0.15, -0.1) is 0 Å². The van der Waals surface area contributed by atoms with E-state index in [1.54, 1.807) is 13.3 Å². The number of hydrogen-bond acceptors (Lipinski definition) is 5. The van der Waals surface area contributed by atoms with Crippen molar-refractivity contribution in [3.63, 3.8) is 0 Å². The predicted octanol–water partition coefficient (Wildman–Crippen LogP) is 9.90. The van der Waals surface area contributed by atoms with E-state index in [1.165, 1.54) is 25.5 Å². The summed E-state index contributed by atoms with van der Waals surface area (Å²) in [7, 11) is 0. The summed E-state index contributed by atoms with van der Waals surface area (Å²) in [4.78, 5) is 8.83. The summed E-state index contributed by atoms with van der Waals surface area (Å²) in [6, 6.07) is 12.3. The van der Waals surface area contributed by atoms with Gasteiger partial charge < -0.3 is 14.0 Å². The highest BCUT2D eigenvalue weighted by Gasteiger charge is 2.30. The average Bonchev–Trinajstić information content (AvgIpc) is 2.68. The zero-order chi connectivity index (χ0) is 28.2. The van der Waals surface area contributed by atoms with E-state index in [1.807, 2.05) is 24.3 Å². The maximum absolute atomic E-state index is 12.3. The molecule has 0 fully saturated rings. The fourth-order valence-corrected chi connectivity index (χ4v) is 9.00. The monoisotopic (exact) mass is 640 g/mol. The van der Waals surface area contributed by atoms with Crippen LogP contribution in [0.5, 0.6) is 5.75 Å². The number of hydrogen-bond donors (Lipinski definition) is 1. The van der Waals surface area contributed by atoms with E-state index in [-0.39, 0.29) is 0 Å². The first-order chi connectivity index (χ1) is 16.3. The Bertz CT molecular complexity index is 1050. The van der Waals surface area contributed by atoms with Gasteiger partial charge in [-0.05, 0) is 82.0 Å². The Kier molecular flexibility index (Phi) is 16.4. The number of halogens is 4. The summed E-state index contributed by atoms with van der Waals surface area (Å²) in [6.07, 6.45) is -6.03. The van der Waals surface area contributed by atoms with E-state index in [4.69, 9.17) is 32.8 Å². The van der Waals surface area contributed by atoms with Gasteiger partial charge in [0.05, 0.1) is 11.8 Å². The fourth-order valence-electron chi connectivity index (χ4n) is 2.56. The van der Waals surface area contributed by atoms with Gasteiger partial charge in [0.2, 0.25) is 0 Å². The molecule has 2 aromatic rings. The maximum atomic E-state index is 12.3. The third-order valence-corrected chi connectivity index (χ3v) is 10.9. The van der Waals surface area contributed by atoms with E-state index in [0.717, 1.165) is 59.5 Å². The van der Waals surface area contributed by atoms with E-state index in [9.17, 15) is 17.7 Å². The predicted molar refractivity (Wildman–Crippen MR) is 162 cm³/mol. The van der Waals surface area contributed by atoms with Crippen LogP contribution in [0.25, 0.3) is 0 Å². The molecule has 0 atom stereocenters. The largest absolute Gasteiger partial charge is 0.467 e. The Morgan fingerprint density at radius 3 is 1.83 bits per heavy atom. The molecule has 0 saturated carbocycles. The number of rotatable bonds is 8. The highest BCUT2D eigenvalue weighted by Crippen LogP contribution is 2.55. The molecule has 2 aromatic carbocycles. The Morgan fingerprint density at radius 2 is 1.44 bits per heavy atom. The van der Waals surface area contributed by atoms with Crippen LogP contribution < -0.4 is 4.52 Å². The third kappa shape index (κ3) is 19.3. The van der Waals surface area contributed by atoms with Crippen LogP contribution in [0.1, 0.15) is 32.3 Å². The number of benzene rings is 2. The Labute approximate surface area is 233 Å². The van der Waals surface area contributed by atoms with E-state index < -0.39 is 30.6 Å². The summed E-state index contributed by atoms with van der Waals surface area (Å²) in [5.74, 6) is 0.856. The molecule has 0 heterocycles. The summed E-state index contributed by atoms with van der Waals surface area (Å²) >= 11 is 17.0. The minimum absolute atomic E-state index is 0.387. The summed E-state index contributed by atoms with van der Waals surface area (Å²) < 4.78 is 54.4. The third-order valence-electron chi connectivity index (χ3n) is 3.70. The molecule has 0 aliphatic carbocycles.